The molecule has 2 nitrogen and oxygen atoms in total. The lowest BCUT2D eigenvalue weighted by atomic mass is 10.2. The van der Waals surface area contributed by atoms with Crippen LogP contribution in [0.4, 0.5) is 4.39 Å². The molecule has 2 aromatic carbocycles. The summed E-state index contributed by atoms with van der Waals surface area (Å²) >= 11 is 4.71. The number of rotatable bonds is 4. The predicted octanol–water partition coefficient (Wildman–Crippen LogP) is 4.58. The summed E-state index contributed by atoms with van der Waals surface area (Å²) in [6.07, 6.45) is 0. The van der Waals surface area contributed by atoms with Crippen LogP contribution in [-0.2, 0) is 5.75 Å². The topological polar surface area (TPSA) is 37.3 Å². The number of halogens is 2. The first-order valence-corrected chi connectivity index (χ1v) is 7.23. The van der Waals surface area contributed by atoms with E-state index in [1.54, 1.807) is 18.2 Å². The van der Waals surface area contributed by atoms with Gasteiger partial charge in [-0.05, 0) is 42.0 Å². The molecule has 0 aliphatic heterocycles. The minimum atomic E-state index is -0.948. The Morgan fingerprint density at radius 3 is 2.74 bits per heavy atom. The highest BCUT2D eigenvalue weighted by atomic mass is 79.9. The van der Waals surface area contributed by atoms with Gasteiger partial charge in [-0.2, -0.15) is 0 Å². The Morgan fingerprint density at radius 1 is 1.26 bits per heavy atom. The Bertz CT molecular complexity index is 596. The molecule has 19 heavy (non-hydrogen) atoms. The fourth-order valence-electron chi connectivity index (χ4n) is 1.58. The molecule has 0 bridgehead atoms. The minimum Gasteiger partial charge on any atom is -0.478 e. The SMILES string of the molecule is O=C(O)c1cccc(SCc2cc(F)cc(Br)c2)c1. The molecule has 98 valence electrons. The molecule has 1 N–H and O–H groups in total. The number of carboxylic acids is 1. The van der Waals surface area contributed by atoms with E-state index in [2.05, 4.69) is 15.9 Å². The van der Waals surface area contributed by atoms with Crippen LogP contribution in [0.1, 0.15) is 15.9 Å². The van der Waals surface area contributed by atoms with Crippen molar-refractivity contribution in [2.24, 2.45) is 0 Å². The third-order valence-electron chi connectivity index (χ3n) is 2.41. The Morgan fingerprint density at radius 2 is 2.05 bits per heavy atom. The standard InChI is InChI=1S/C14H10BrFO2S/c15-11-4-9(5-12(16)7-11)8-19-13-3-1-2-10(6-13)14(17)18/h1-7H,8H2,(H,17,18). The van der Waals surface area contributed by atoms with Gasteiger partial charge in [0.05, 0.1) is 5.56 Å². The van der Waals surface area contributed by atoms with Crippen molar-refractivity contribution in [3.63, 3.8) is 0 Å². The zero-order valence-corrected chi connectivity index (χ0v) is 12.2. The van der Waals surface area contributed by atoms with Crippen molar-refractivity contribution in [3.8, 4) is 0 Å². The van der Waals surface area contributed by atoms with Crippen molar-refractivity contribution >= 4 is 33.7 Å². The second-order valence-electron chi connectivity index (χ2n) is 3.90. The van der Waals surface area contributed by atoms with Crippen LogP contribution in [0, 0.1) is 5.82 Å². The van der Waals surface area contributed by atoms with Gasteiger partial charge in [0.15, 0.2) is 0 Å². The summed E-state index contributed by atoms with van der Waals surface area (Å²) in [5.41, 5.74) is 1.10. The lowest BCUT2D eigenvalue weighted by molar-refractivity contribution is 0.0696. The fraction of sp³-hybridized carbons (Fsp3) is 0.0714. The Kier molecular flexibility index (Phi) is 4.61. The monoisotopic (exact) mass is 340 g/mol. The average Bonchev–Trinajstić information content (AvgIpc) is 2.35. The van der Waals surface area contributed by atoms with Crippen LogP contribution in [0.2, 0.25) is 0 Å². The first-order valence-electron chi connectivity index (χ1n) is 5.46. The normalized spacial score (nSPS) is 10.4. The summed E-state index contributed by atoms with van der Waals surface area (Å²) in [6, 6.07) is 11.4. The van der Waals surface area contributed by atoms with Crippen LogP contribution in [0.3, 0.4) is 0 Å². The minimum absolute atomic E-state index is 0.255. The summed E-state index contributed by atoms with van der Waals surface area (Å²) in [5.74, 6) is -0.653. The molecular formula is C14H10BrFO2S. The Balaban J connectivity index is 2.10. The molecule has 0 spiro atoms. The number of hydrogen-bond acceptors (Lipinski definition) is 2. The summed E-state index contributed by atoms with van der Waals surface area (Å²) < 4.78 is 13.9. The van der Waals surface area contributed by atoms with Gasteiger partial charge in [-0.1, -0.05) is 22.0 Å². The van der Waals surface area contributed by atoms with E-state index in [0.717, 1.165) is 10.5 Å². The predicted molar refractivity (Wildman–Crippen MR) is 77.1 cm³/mol. The zero-order valence-electron chi connectivity index (χ0n) is 9.77. The number of benzene rings is 2. The highest BCUT2D eigenvalue weighted by Crippen LogP contribution is 2.25. The second kappa shape index (κ2) is 6.21. The average molecular weight is 341 g/mol. The fourth-order valence-corrected chi connectivity index (χ4v) is 2.98. The van der Waals surface area contributed by atoms with Crippen molar-refractivity contribution in [2.75, 3.05) is 0 Å². The molecule has 0 radical (unpaired) electrons. The molecule has 2 rings (SSSR count). The van der Waals surface area contributed by atoms with Gasteiger partial charge >= 0.3 is 5.97 Å². The highest BCUT2D eigenvalue weighted by molar-refractivity contribution is 9.10. The van der Waals surface area contributed by atoms with Crippen LogP contribution in [-0.4, -0.2) is 11.1 Å². The maximum atomic E-state index is 13.2. The van der Waals surface area contributed by atoms with E-state index >= 15 is 0 Å². The summed E-state index contributed by atoms with van der Waals surface area (Å²) in [5, 5.41) is 8.90. The molecule has 0 saturated carbocycles. The third kappa shape index (κ3) is 4.08. The zero-order chi connectivity index (χ0) is 13.8. The van der Waals surface area contributed by atoms with Gasteiger partial charge in [0.2, 0.25) is 0 Å². The lowest BCUT2D eigenvalue weighted by Crippen LogP contribution is -1.95. The number of aromatic carboxylic acids is 1. The van der Waals surface area contributed by atoms with E-state index in [1.807, 2.05) is 12.1 Å². The lowest BCUT2D eigenvalue weighted by Gasteiger charge is -2.04. The van der Waals surface area contributed by atoms with Crippen molar-refractivity contribution < 1.29 is 14.3 Å². The van der Waals surface area contributed by atoms with Crippen LogP contribution in [0.5, 0.6) is 0 Å². The molecule has 0 amide bonds. The third-order valence-corrected chi connectivity index (χ3v) is 3.93. The molecule has 2 aromatic rings. The molecule has 0 aliphatic rings. The molecule has 0 aliphatic carbocycles. The van der Waals surface area contributed by atoms with Crippen LogP contribution >= 0.6 is 27.7 Å². The number of carboxylic acid groups (broad SMARTS) is 1. The van der Waals surface area contributed by atoms with Gasteiger partial charge in [-0.15, -0.1) is 11.8 Å². The van der Waals surface area contributed by atoms with Gasteiger partial charge in [0.25, 0.3) is 0 Å². The van der Waals surface area contributed by atoms with E-state index in [9.17, 15) is 9.18 Å². The molecule has 0 heterocycles. The van der Waals surface area contributed by atoms with Crippen molar-refractivity contribution in [1.82, 2.24) is 0 Å². The summed E-state index contributed by atoms with van der Waals surface area (Å²) in [7, 11) is 0. The largest absolute Gasteiger partial charge is 0.478 e. The maximum absolute atomic E-state index is 13.2. The first kappa shape index (κ1) is 14.1. The molecular weight excluding hydrogens is 331 g/mol. The van der Waals surface area contributed by atoms with Gasteiger partial charge in [0, 0.05) is 15.1 Å². The van der Waals surface area contributed by atoms with Crippen molar-refractivity contribution in [2.45, 2.75) is 10.6 Å². The van der Waals surface area contributed by atoms with Crippen molar-refractivity contribution in [1.29, 1.82) is 0 Å². The highest BCUT2D eigenvalue weighted by Gasteiger charge is 2.05. The number of hydrogen-bond donors (Lipinski definition) is 1. The smallest absolute Gasteiger partial charge is 0.335 e. The molecule has 5 heteroatoms. The van der Waals surface area contributed by atoms with Crippen molar-refractivity contribution in [3.05, 3.63) is 63.9 Å². The van der Waals surface area contributed by atoms with Gasteiger partial charge < -0.3 is 5.11 Å². The second-order valence-corrected chi connectivity index (χ2v) is 5.86. The molecule has 0 atom stereocenters. The van der Waals surface area contributed by atoms with Crippen LogP contribution < -0.4 is 0 Å². The molecule has 0 aromatic heterocycles. The molecule has 0 saturated heterocycles. The van der Waals surface area contributed by atoms with Gasteiger partial charge in [-0.25, -0.2) is 9.18 Å². The van der Waals surface area contributed by atoms with E-state index < -0.39 is 5.97 Å². The van der Waals surface area contributed by atoms with Crippen LogP contribution in [0.25, 0.3) is 0 Å². The maximum Gasteiger partial charge on any atom is 0.335 e. The van der Waals surface area contributed by atoms with Gasteiger partial charge in [-0.3, -0.25) is 0 Å². The molecule has 0 unspecified atom stereocenters. The van der Waals surface area contributed by atoms with E-state index in [-0.39, 0.29) is 11.4 Å². The van der Waals surface area contributed by atoms with E-state index in [1.165, 1.54) is 23.9 Å². The summed E-state index contributed by atoms with van der Waals surface area (Å²) in [6.45, 7) is 0. The van der Waals surface area contributed by atoms with Crippen LogP contribution in [0.15, 0.2) is 51.8 Å². The molecule has 0 fully saturated rings. The van der Waals surface area contributed by atoms with E-state index in [0.29, 0.717) is 10.2 Å². The summed E-state index contributed by atoms with van der Waals surface area (Å²) in [4.78, 5) is 11.7. The quantitative estimate of drug-likeness (QED) is 0.827. The number of thioether (sulfide) groups is 1. The number of carbonyl (C=O) groups is 1. The first-order chi connectivity index (χ1) is 9.04. The Hall–Kier alpha value is -1.33. The van der Waals surface area contributed by atoms with E-state index in [4.69, 9.17) is 5.11 Å². The van der Waals surface area contributed by atoms with Gasteiger partial charge in [0.1, 0.15) is 5.82 Å². The Labute approximate surface area is 122 Å².